The Morgan fingerprint density at radius 2 is 1.47 bits per heavy atom. The topological polar surface area (TPSA) is 32.8 Å². The Morgan fingerprint density at radius 3 is 2.16 bits per heavy atom. The van der Waals surface area contributed by atoms with Crippen molar-refractivity contribution >= 4 is 5.91 Å². The Bertz CT molecular complexity index is 799. The summed E-state index contributed by atoms with van der Waals surface area (Å²) in [5.74, 6) is 0.569. The highest BCUT2D eigenvalue weighted by molar-refractivity contribution is 5.77. The first-order valence-electron chi connectivity index (χ1n) is 12.1. The summed E-state index contributed by atoms with van der Waals surface area (Å²) in [6, 6.07) is 14.8. The number of carbonyl (C=O) groups excluding carboxylic acids is 1. The van der Waals surface area contributed by atoms with Crippen LogP contribution in [-0.2, 0) is 17.8 Å². The number of nitrogens with zero attached hydrogens (tertiary/aromatic N) is 2. The normalized spacial score (nSPS) is 14.5. The Kier molecular flexibility index (Phi) is 10.0. The lowest BCUT2D eigenvalue weighted by Crippen LogP contribution is -2.49. The number of carbonyl (C=O) groups is 1. The van der Waals surface area contributed by atoms with Crippen LogP contribution in [0.3, 0.4) is 0 Å². The molecular weight excluding hydrogens is 403 g/mol. The molecule has 0 aliphatic carbocycles. The van der Waals surface area contributed by atoms with Gasteiger partial charge in [-0.25, -0.2) is 4.39 Å². The van der Waals surface area contributed by atoms with Gasteiger partial charge in [0.05, 0.1) is 0 Å². The van der Waals surface area contributed by atoms with E-state index >= 15 is 0 Å². The monoisotopic (exact) mass is 440 g/mol. The number of halogens is 1. The molecule has 4 nitrogen and oxygen atoms in total. The molecule has 1 fully saturated rings. The van der Waals surface area contributed by atoms with Crippen molar-refractivity contribution in [3.63, 3.8) is 0 Å². The molecule has 32 heavy (non-hydrogen) atoms. The second-order valence-electron chi connectivity index (χ2n) is 8.73. The molecule has 0 saturated carbocycles. The van der Waals surface area contributed by atoms with E-state index in [0.29, 0.717) is 13.1 Å². The molecule has 0 N–H and O–H groups in total. The third-order valence-electron chi connectivity index (χ3n) is 6.15. The largest absolute Gasteiger partial charge is 0.484 e. The standard InChI is InChI=1S/C27H37FN2O2/c1-2-3-4-5-6-7-8-23-11-15-26(16-12-23)32-22-27(31)30-19-17-29(18-20-30)21-24-9-13-25(28)14-10-24/h9-16H,2-8,17-22H2,1H3. The van der Waals surface area contributed by atoms with Crippen LogP contribution in [0.1, 0.15) is 56.6 Å². The molecule has 0 aromatic heterocycles. The minimum Gasteiger partial charge on any atom is -0.484 e. The molecule has 5 heteroatoms. The number of ether oxygens (including phenoxy) is 1. The molecule has 1 aliphatic rings. The molecule has 2 aromatic rings. The first kappa shape index (κ1) is 24.2. The SMILES string of the molecule is CCCCCCCCc1ccc(OCC(=O)N2CCN(Cc3ccc(F)cc3)CC2)cc1. The average molecular weight is 441 g/mol. The third kappa shape index (κ3) is 8.27. The molecule has 1 saturated heterocycles. The number of aryl methyl sites for hydroxylation is 1. The molecule has 174 valence electrons. The van der Waals surface area contributed by atoms with E-state index in [9.17, 15) is 9.18 Å². The second-order valence-corrected chi connectivity index (χ2v) is 8.73. The highest BCUT2D eigenvalue weighted by Crippen LogP contribution is 2.16. The summed E-state index contributed by atoms with van der Waals surface area (Å²) < 4.78 is 18.8. The van der Waals surface area contributed by atoms with Crippen molar-refractivity contribution in [2.45, 2.75) is 58.4 Å². The first-order chi connectivity index (χ1) is 15.6. The number of amides is 1. The summed E-state index contributed by atoms with van der Waals surface area (Å²) in [5, 5.41) is 0. The van der Waals surface area contributed by atoms with Gasteiger partial charge in [-0.15, -0.1) is 0 Å². The van der Waals surface area contributed by atoms with Crippen molar-refractivity contribution in [2.24, 2.45) is 0 Å². The quantitative estimate of drug-likeness (QED) is 0.411. The molecule has 0 radical (unpaired) electrons. The summed E-state index contributed by atoms with van der Waals surface area (Å²) >= 11 is 0. The van der Waals surface area contributed by atoms with E-state index in [1.54, 1.807) is 0 Å². The molecule has 0 unspecified atom stereocenters. The van der Waals surface area contributed by atoms with Gasteiger partial charge >= 0.3 is 0 Å². The molecule has 0 spiro atoms. The number of unbranched alkanes of at least 4 members (excludes halogenated alkanes) is 5. The van der Waals surface area contributed by atoms with Crippen molar-refractivity contribution in [3.8, 4) is 5.75 Å². The van der Waals surface area contributed by atoms with Gasteiger partial charge in [-0.05, 0) is 48.2 Å². The lowest BCUT2D eigenvalue weighted by Gasteiger charge is -2.34. The molecule has 1 amide bonds. The molecule has 2 aromatic carbocycles. The maximum Gasteiger partial charge on any atom is 0.260 e. The summed E-state index contributed by atoms with van der Waals surface area (Å²) in [5.41, 5.74) is 2.42. The van der Waals surface area contributed by atoms with E-state index in [4.69, 9.17) is 4.74 Å². The molecule has 3 rings (SSSR count). The van der Waals surface area contributed by atoms with E-state index in [1.807, 2.05) is 29.2 Å². The zero-order valence-corrected chi connectivity index (χ0v) is 19.4. The lowest BCUT2D eigenvalue weighted by molar-refractivity contribution is -0.135. The zero-order valence-electron chi connectivity index (χ0n) is 19.4. The number of piperazine rings is 1. The fraction of sp³-hybridized carbons (Fsp3) is 0.519. The van der Waals surface area contributed by atoms with Crippen molar-refractivity contribution in [1.82, 2.24) is 9.80 Å². The average Bonchev–Trinajstić information content (AvgIpc) is 2.82. The molecule has 0 bridgehead atoms. The molecular formula is C27H37FN2O2. The summed E-state index contributed by atoms with van der Waals surface area (Å²) in [6.45, 7) is 6.13. The van der Waals surface area contributed by atoms with Crippen LogP contribution in [0.25, 0.3) is 0 Å². The van der Waals surface area contributed by atoms with E-state index < -0.39 is 0 Å². The van der Waals surface area contributed by atoms with Crippen molar-refractivity contribution in [3.05, 3.63) is 65.5 Å². The molecule has 0 atom stereocenters. The third-order valence-corrected chi connectivity index (χ3v) is 6.15. The predicted molar refractivity (Wildman–Crippen MR) is 127 cm³/mol. The van der Waals surface area contributed by atoms with Gasteiger partial charge in [-0.3, -0.25) is 9.69 Å². The Hall–Kier alpha value is -2.40. The van der Waals surface area contributed by atoms with Crippen molar-refractivity contribution in [2.75, 3.05) is 32.8 Å². The second kappa shape index (κ2) is 13.2. The number of hydrogen-bond acceptors (Lipinski definition) is 3. The Morgan fingerprint density at radius 1 is 0.844 bits per heavy atom. The van der Waals surface area contributed by atoms with Gasteiger partial charge in [0.15, 0.2) is 6.61 Å². The Balaban J connectivity index is 1.32. The van der Waals surface area contributed by atoms with Gasteiger partial charge in [-0.2, -0.15) is 0 Å². The van der Waals surface area contributed by atoms with Gasteiger partial charge in [-0.1, -0.05) is 63.3 Å². The van der Waals surface area contributed by atoms with Gasteiger partial charge < -0.3 is 9.64 Å². The highest BCUT2D eigenvalue weighted by Gasteiger charge is 2.21. The van der Waals surface area contributed by atoms with Crippen LogP contribution in [0.15, 0.2) is 48.5 Å². The Labute approximate surface area is 192 Å². The van der Waals surface area contributed by atoms with E-state index in [0.717, 1.165) is 37.4 Å². The summed E-state index contributed by atoms with van der Waals surface area (Å²) in [6.07, 6.45) is 8.94. The fourth-order valence-electron chi connectivity index (χ4n) is 4.10. The minimum absolute atomic E-state index is 0.0302. The molecule has 1 heterocycles. The smallest absolute Gasteiger partial charge is 0.260 e. The van der Waals surface area contributed by atoms with Crippen LogP contribution >= 0.6 is 0 Å². The van der Waals surface area contributed by atoms with Gasteiger partial charge in [0.1, 0.15) is 11.6 Å². The van der Waals surface area contributed by atoms with Crippen LogP contribution in [0, 0.1) is 5.82 Å². The lowest BCUT2D eigenvalue weighted by atomic mass is 10.0. The van der Waals surface area contributed by atoms with Crippen LogP contribution in [0.4, 0.5) is 4.39 Å². The van der Waals surface area contributed by atoms with Gasteiger partial charge in [0.2, 0.25) is 0 Å². The van der Waals surface area contributed by atoms with Crippen LogP contribution in [0.5, 0.6) is 5.75 Å². The first-order valence-corrected chi connectivity index (χ1v) is 12.1. The van der Waals surface area contributed by atoms with Crippen molar-refractivity contribution < 1.29 is 13.9 Å². The van der Waals surface area contributed by atoms with Crippen LogP contribution in [0.2, 0.25) is 0 Å². The minimum atomic E-state index is -0.211. The van der Waals surface area contributed by atoms with Gasteiger partial charge in [0.25, 0.3) is 5.91 Å². The van der Waals surface area contributed by atoms with Crippen molar-refractivity contribution in [1.29, 1.82) is 0 Å². The van der Waals surface area contributed by atoms with Crippen LogP contribution in [-0.4, -0.2) is 48.5 Å². The zero-order chi connectivity index (χ0) is 22.6. The van der Waals surface area contributed by atoms with Gasteiger partial charge in [0, 0.05) is 32.7 Å². The highest BCUT2D eigenvalue weighted by atomic mass is 19.1. The van der Waals surface area contributed by atoms with E-state index in [1.165, 1.54) is 56.2 Å². The maximum atomic E-state index is 13.0. The number of hydrogen-bond donors (Lipinski definition) is 0. The summed E-state index contributed by atoms with van der Waals surface area (Å²) in [7, 11) is 0. The number of benzene rings is 2. The maximum absolute atomic E-state index is 13.0. The predicted octanol–water partition coefficient (Wildman–Crippen LogP) is 5.45. The fourth-order valence-corrected chi connectivity index (χ4v) is 4.10. The summed E-state index contributed by atoms with van der Waals surface area (Å²) in [4.78, 5) is 16.7. The molecule has 1 aliphatic heterocycles. The number of rotatable bonds is 12. The van der Waals surface area contributed by atoms with E-state index in [2.05, 4.69) is 24.0 Å². The van der Waals surface area contributed by atoms with Crippen LogP contribution < -0.4 is 4.74 Å². The van der Waals surface area contributed by atoms with E-state index in [-0.39, 0.29) is 18.3 Å².